The minimum atomic E-state index is -1.47. The van der Waals surface area contributed by atoms with Crippen molar-refractivity contribution in [2.24, 2.45) is 22.9 Å². The summed E-state index contributed by atoms with van der Waals surface area (Å²) in [7, 11) is 0. The van der Waals surface area contributed by atoms with E-state index in [1.807, 2.05) is 36.4 Å². The van der Waals surface area contributed by atoms with Gasteiger partial charge in [-0.05, 0) is 134 Å². The fourth-order valence-electron chi connectivity index (χ4n) is 10.8. The summed E-state index contributed by atoms with van der Waals surface area (Å²) < 4.78 is 33.6. The molecule has 2 heterocycles. The number of carbonyl (C=O) groups is 1. The minimum absolute atomic E-state index is 0.0406. The van der Waals surface area contributed by atoms with E-state index in [2.05, 4.69) is 75.5 Å². The minimum Gasteiger partial charge on any atom is -0.459 e. The predicted molar refractivity (Wildman–Crippen MR) is 261 cm³/mol. The van der Waals surface area contributed by atoms with E-state index in [-0.39, 0.29) is 57.1 Å². The Balaban J connectivity index is 1.35. The number of fused-ring (bicyclic) bond motifs is 3. The lowest BCUT2D eigenvalue weighted by Gasteiger charge is -2.60. The molecular weight excluding hydrogens is 845 g/mol. The number of unbranched alkanes of at least 4 members (excludes halogenated alkanes) is 2. The van der Waals surface area contributed by atoms with Crippen LogP contribution in [0.5, 0.6) is 17.2 Å². The Labute approximate surface area is 396 Å². The van der Waals surface area contributed by atoms with Crippen LogP contribution in [-0.4, -0.2) is 78.1 Å². The number of benzene rings is 4. The third-order valence-corrected chi connectivity index (χ3v) is 14.2. The lowest BCUT2D eigenvalue weighted by atomic mass is 9.55. The fraction of sp³-hybridized carbons (Fsp3) is 0.464. The van der Waals surface area contributed by atoms with Gasteiger partial charge in [-0.1, -0.05) is 84.8 Å². The van der Waals surface area contributed by atoms with Gasteiger partial charge in [0.25, 0.3) is 0 Å². The summed E-state index contributed by atoms with van der Waals surface area (Å²) >= 11 is 0. The van der Waals surface area contributed by atoms with Crippen molar-refractivity contribution in [1.82, 2.24) is 4.90 Å². The number of carbonyl (C=O) groups excluding carboxylic acids is 1. The molecule has 2 N–H and O–H groups in total. The second kappa shape index (κ2) is 22.6. The quantitative estimate of drug-likeness (QED) is 0.0477. The van der Waals surface area contributed by atoms with Gasteiger partial charge in [0.1, 0.15) is 23.3 Å². The van der Waals surface area contributed by atoms with Crippen molar-refractivity contribution >= 4 is 22.6 Å². The van der Waals surface area contributed by atoms with Crippen molar-refractivity contribution in [2.45, 2.75) is 115 Å². The van der Waals surface area contributed by atoms with E-state index in [4.69, 9.17) is 33.7 Å². The second-order valence-corrected chi connectivity index (χ2v) is 18.5. The van der Waals surface area contributed by atoms with E-state index in [0.717, 1.165) is 83.7 Å². The van der Waals surface area contributed by atoms with Crippen LogP contribution in [-0.2, 0) is 25.6 Å². The van der Waals surface area contributed by atoms with Crippen molar-refractivity contribution < 1.29 is 43.5 Å². The van der Waals surface area contributed by atoms with E-state index >= 15 is 4.79 Å². The number of aryl methyl sites for hydroxylation is 2. The summed E-state index contributed by atoms with van der Waals surface area (Å²) in [6, 6.07) is 25.7. The molecule has 1 saturated heterocycles. The average Bonchev–Trinajstić information content (AvgIpc) is 3.34. The third kappa shape index (κ3) is 10.7. The Morgan fingerprint density at radius 3 is 2.48 bits per heavy atom. The van der Waals surface area contributed by atoms with Gasteiger partial charge < -0.3 is 38.7 Å². The number of ether oxygens (including phenoxy) is 5. The zero-order valence-electron chi connectivity index (χ0n) is 39.3. The standard InChI is InChI=1S/C56H68N2O9/c1-5-7-31-63-55(61)58(37-42-20-16-19-40-17-8-9-21-45(40)42)51-36-49(57-67-52-23-12-15-32-62-52)47-34-41(18-10-13-28-59)46(22-11-14-29-60)53-48-35-44(65-43-25-24-38(3)39(4)33-43)26-27-50(48)66-56(51,54(47)53)64-30-6-2/h5-6,8-9,16-17,19-21,24-27,33-35,41,46,51-54,59-60H,1-2,7,10-15,18,22-23,28-32,36-37H2,3-4H3/t41-,46+,51-,52?,53+,54+,56+/m0/s1. The Morgan fingerprint density at radius 1 is 0.910 bits per heavy atom. The normalized spacial score (nSPS) is 24.7. The molecule has 1 saturated carbocycles. The first-order valence-corrected chi connectivity index (χ1v) is 24.4. The van der Waals surface area contributed by atoms with Crippen LogP contribution < -0.4 is 9.47 Å². The van der Waals surface area contributed by atoms with Gasteiger partial charge in [-0.3, -0.25) is 4.90 Å². The van der Waals surface area contributed by atoms with E-state index in [0.29, 0.717) is 43.1 Å². The molecular formula is C56H68N2O9. The van der Waals surface area contributed by atoms with E-state index < -0.39 is 30.1 Å². The number of aliphatic hydroxyl groups excluding tert-OH is 2. The van der Waals surface area contributed by atoms with Crippen LogP contribution in [0, 0.1) is 31.6 Å². The smallest absolute Gasteiger partial charge is 0.410 e. The number of hydrogen-bond donors (Lipinski definition) is 2. The fourth-order valence-corrected chi connectivity index (χ4v) is 10.8. The molecule has 2 fully saturated rings. The van der Waals surface area contributed by atoms with Crippen LogP contribution >= 0.6 is 0 Å². The molecule has 1 amide bonds. The molecule has 11 nitrogen and oxygen atoms in total. The molecule has 0 spiro atoms. The van der Waals surface area contributed by atoms with Gasteiger partial charge in [0.15, 0.2) is 0 Å². The Kier molecular flexibility index (Phi) is 16.2. The zero-order chi connectivity index (χ0) is 46.8. The first-order chi connectivity index (χ1) is 32.8. The summed E-state index contributed by atoms with van der Waals surface area (Å²) in [5.74, 6) is -0.0446. The molecule has 356 valence electrons. The van der Waals surface area contributed by atoms with Crippen LogP contribution in [0.15, 0.2) is 121 Å². The van der Waals surface area contributed by atoms with Crippen molar-refractivity contribution in [2.75, 3.05) is 33.0 Å². The summed E-state index contributed by atoms with van der Waals surface area (Å²) in [6.45, 7) is 13.4. The van der Waals surface area contributed by atoms with Crippen LogP contribution in [0.2, 0.25) is 0 Å². The Bertz CT molecular complexity index is 2400. The molecule has 1 unspecified atom stereocenters. The molecule has 4 aliphatic rings. The number of oxime groups is 1. The molecule has 2 aliphatic heterocycles. The molecule has 2 aliphatic carbocycles. The number of amides is 1. The van der Waals surface area contributed by atoms with Crippen molar-refractivity contribution in [3.8, 4) is 17.2 Å². The number of aliphatic hydroxyl groups is 2. The lowest BCUT2D eigenvalue weighted by molar-refractivity contribution is -0.256. The van der Waals surface area contributed by atoms with Crippen LogP contribution in [0.1, 0.15) is 98.8 Å². The van der Waals surface area contributed by atoms with Crippen molar-refractivity contribution in [3.63, 3.8) is 0 Å². The highest BCUT2D eigenvalue weighted by atomic mass is 16.8. The van der Waals surface area contributed by atoms with Gasteiger partial charge in [0, 0.05) is 37.5 Å². The Hall–Kier alpha value is -5.46. The number of rotatable bonds is 21. The van der Waals surface area contributed by atoms with Gasteiger partial charge in [-0.25, -0.2) is 4.79 Å². The summed E-state index contributed by atoms with van der Waals surface area (Å²) in [6.07, 6.45) is 12.8. The number of nitrogens with zero attached hydrogens (tertiary/aromatic N) is 2. The maximum absolute atomic E-state index is 15.0. The highest BCUT2D eigenvalue weighted by Gasteiger charge is 2.66. The second-order valence-electron chi connectivity index (χ2n) is 18.5. The van der Waals surface area contributed by atoms with Crippen LogP contribution in [0.3, 0.4) is 0 Å². The van der Waals surface area contributed by atoms with E-state index in [1.54, 1.807) is 17.1 Å². The molecule has 7 atom stereocenters. The van der Waals surface area contributed by atoms with Crippen LogP contribution in [0.25, 0.3) is 10.8 Å². The maximum Gasteiger partial charge on any atom is 0.410 e. The molecule has 0 radical (unpaired) electrons. The summed E-state index contributed by atoms with van der Waals surface area (Å²) in [4.78, 5) is 23.2. The largest absolute Gasteiger partial charge is 0.459 e. The number of allylic oxidation sites excluding steroid dienone is 1. The molecule has 11 heteroatoms. The SMILES string of the molecule is C=CCCOC(=O)N(Cc1cccc2ccccc12)[C@H]1CC(=NOC2CCCCO2)C2=C[C@H](CCCCO)[C@@H](CCCCO)[C@@H]3c4cc(Oc5ccc(C)c(C)c5)ccc4O[C@@]1(OCC=C)[C@H]23. The van der Waals surface area contributed by atoms with Gasteiger partial charge in [0.05, 0.1) is 38.0 Å². The van der Waals surface area contributed by atoms with Gasteiger partial charge in [0.2, 0.25) is 12.1 Å². The predicted octanol–water partition coefficient (Wildman–Crippen LogP) is 11.6. The topological polar surface area (TPSA) is 129 Å². The first kappa shape index (κ1) is 48.0. The van der Waals surface area contributed by atoms with E-state index in [1.165, 1.54) is 5.56 Å². The maximum atomic E-state index is 15.0. The molecule has 67 heavy (non-hydrogen) atoms. The molecule has 0 bridgehead atoms. The third-order valence-electron chi connectivity index (χ3n) is 14.2. The van der Waals surface area contributed by atoms with Crippen molar-refractivity contribution in [1.29, 1.82) is 0 Å². The zero-order valence-corrected chi connectivity index (χ0v) is 39.3. The van der Waals surface area contributed by atoms with E-state index in [9.17, 15) is 10.2 Å². The molecule has 4 aromatic carbocycles. The number of hydrogen-bond acceptors (Lipinski definition) is 10. The van der Waals surface area contributed by atoms with Gasteiger partial charge >= 0.3 is 6.09 Å². The summed E-state index contributed by atoms with van der Waals surface area (Å²) in [5.41, 5.74) is 5.89. The molecule has 8 rings (SSSR count). The highest BCUT2D eigenvalue weighted by molar-refractivity contribution is 6.03. The van der Waals surface area contributed by atoms with Gasteiger partial charge in [-0.15, -0.1) is 13.2 Å². The van der Waals surface area contributed by atoms with Crippen molar-refractivity contribution in [3.05, 3.63) is 138 Å². The monoisotopic (exact) mass is 912 g/mol. The molecule has 4 aromatic rings. The molecule has 0 aromatic heterocycles. The van der Waals surface area contributed by atoms with Gasteiger partial charge in [-0.2, -0.15) is 0 Å². The first-order valence-electron chi connectivity index (χ1n) is 24.4. The Morgan fingerprint density at radius 2 is 1.70 bits per heavy atom. The summed E-state index contributed by atoms with van der Waals surface area (Å²) in [5, 5.41) is 27.2. The highest BCUT2D eigenvalue weighted by Crippen LogP contribution is 2.62. The van der Waals surface area contributed by atoms with Crippen LogP contribution in [0.4, 0.5) is 4.79 Å². The lowest BCUT2D eigenvalue weighted by Crippen LogP contribution is -2.70. The average molecular weight is 913 g/mol.